The molecule has 2 nitrogen and oxygen atoms in total. The molecule has 0 saturated carbocycles. The van der Waals surface area contributed by atoms with E-state index in [2.05, 4.69) is 65.9 Å². The Hall–Kier alpha value is -2.68. The summed E-state index contributed by atoms with van der Waals surface area (Å²) in [6.07, 6.45) is 7.95. The number of hydrogen-bond donors (Lipinski definition) is 0. The maximum Gasteiger partial charge on any atom is 0.0656 e. The van der Waals surface area contributed by atoms with Crippen molar-refractivity contribution >= 4 is 17.2 Å². The van der Waals surface area contributed by atoms with E-state index in [-0.39, 0.29) is 0 Å². The predicted octanol–water partition coefficient (Wildman–Crippen LogP) is 9.33. The number of allylic oxidation sites excluding steroid dienone is 3. The highest BCUT2D eigenvalue weighted by molar-refractivity contribution is 6.30. The molecule has 34 heavy (non-hydrogen) atoms. The van der Waals surface area contributed by atoms with Gasteiger partial charge in [-0.1, -0.05) is 99.6 Å². The molecule has 0 saturated heterocycles. The molecule has 0 atom stereocenters. The van der Waals surface area contributed by atoms with Gasteiger partial charge in [0.15, 0.2) is 0 Å². The van der Waals surface area contributed by atoms with Crippen LogP contribution in [0.4, 0.5) is 0 Å². The summed E-state index contributed by atoms with van der Waals surface area (Å²) in [5.74, 6) is 0. The van der Waals surface area contributed by atoms with Gasteiger partial charge in [0, 0.05) is 23.3 Å². The molecule has 0 aliphatic carbocycles. The molecule has 1 heterocycles. The summed E-state index contributed by atoms with van der Waals surface area (Å²) in [4.78, 5) is 7.09. The van der Waals surface area contributed by atoms with Crippen molar-refractivity contribution in [3.63, 3.8) is 0 Å². The molecule has 0 unspecified atom stereocenters. The second kappa shape index (κ2) is 17.8. The predicted molar refractivity (Wildman–Crippen MR) is 152 cm³/mol. The molecule has 1 aromatic heterocycles. The van der Waals surface area contributed by atoms with E-state index in [1.54, 1.807) is 0 Å². The lowest BCUT2D eigenvalue weighted by Gasteiger charge is -2.20. The van der Waals surface area contributed by atoms with Crippen LogP contribution in [0.25, 0.3) is 16.7 Å². The van der Waals surface area contributed by atoms with E-state index in [0.29, 0.717) is 0 Å². The van der Waals surface area contributed by atoms with Gasteiger partial charge in [-0.15, -0.1) is 0 Å². The van der Waals surface area contributed by atoms with Crippen molar-refractivity contribution in [2.45, 2.75) is 54.0 Å². The quantitative estimate of drug-likeness (QED) is 0.286. The normalized spacial score (nSPS) is 10.3. The van der Waals surface area contributed by atoms with E-state index >= 15 is 0 Å². The minimum Gasteiger partial charge on any atom is -0.299 e. The fraction of sp³-hybridized carbons (Fsp3) is 0.323. The maximum atomic E-state index is 5.96. The van der Waals surface area contributed by atoms with Crippen LogP contribution in [0.5, 0.6) is 0 Å². The van der Waals surface area contributed by atoms with Crippen LogP contribution in [0.2, 0.25) is 5.02 Å². The van der Waals surface area contributed by atoms with E-state index in [1.807, 2.05) is 70.3 Å². The first kappa shape index (κ1) is 29.4. The molecular formula is C31H41ClN2. The lowest BCUT2D eigenvalue weighted by molar-refractivity contribution is 0.277. The highest BCUT2D eigenvalue weighted by atomic mass is 35.5. The number of pyridine rings is 1. The van der Waals surface area contributed by atoms with Crippen LogP contribution in [0.1, 0.15) is 58.7 Å². The Morgan fingerprint density at radius 3 is 2.06 bits per heavy atom. The summed E-state index contributed by atoms with van der Waals surface area (Å²) in [6, 6.07) is 22.6. The molecule has 0 radical (unpaired) electrons. The van der Waals surface area contributed by atoms with Gasteiger partial charge in [0.1, 0.15) is 0 Å². The van der Waals surface area contributed by atoms with Gasteiger partial charge < -0.3 is 0 Å². The second-order valence-corrected chi connectivity index (χ2v) is 8.10. The van der Waals surface area contributed by atoms with Crippen molar-refractivity contribution in [1.29, 1.82) is 0 Å². The molecule has 0 bridgehead atoms. The highest BCUT2D eigenvalue weighted by Crippen LogP contribution is 2.23. The number of nitrogens with zero attached hydrogens (tertiary/aromatic N) is 2. The van der Waals surface area contributed by atoms with E-state index in [0.717, 1.165) is 59.9 Å². The molecule has 0 aliphatic heterocycles. The molecule has 0 fully saturated rings. The Labute approximate surface area is 213 Å². The first-order valence-corrected chi connectivity index (χ1v) is 12.7. The third kappa shape index (κ3) is 11.0. The van der Waals surface area contributed by atoms with E-state index in [9.17, 15) is 0 Å². The van der Waals surface area contributed by atoms with Gasteiger partial charge in [-0.05, 0) is 74.7 Å². The zero-order valence-corrected chi connectivity index (χ0v) is 22.4. The van der Waals surface area contributed by atoms with Crippen molar-refractivity contribution in [3.05, 3.63) is 108 Å². The number of hydrogen-bond acceptors (Lipinski definition) is 2. The molecule has 3 rings (SSSR count). The third-order valence-electron chi connectivity index (χ3n) is 5.29. The number of benzene rings is 2. The van der Waals surface area contributed by atoms with Gasteiger partial charge in [0.25, 0.3) is 0 Å². The summed E-state index contributed by atoms with van der Waals surface area (Å²) in [7, 11) is 0. The molecule has 3 aromatic rings. The molecule has 0 spiro atoms. The maximum absolute atomic E-state index is 5.96. The van der Waals surface area contributed by atoms with Gasteiger partial charge in [0.2, 0.25) is 0 Å². The minimum absolute atomic E-state index is 0.745. The summed E-state index contributed by atoms with van der Waals surface area (Å²) < 4.78 is 0. The fourth-order valence-corrected chi connectivity index (χ4v) is 3.38. The lowest BCUT2D eigenvalue weighted by Crippen LogP contribution is -2.24. The molecule has 0 N–H and O–H groups in total. The zero-order chi connectivity index (χ0) is 25.2. The first-order valence-electron chi connectivity index (χ1n) is 12.3. The Bertz CT molecular complexity index is 941. The average molecular weight is 477 g/mol. The van der Waals surface area contributed by atoms with Crippen LogP contribution >= 0.6 is 11.6 Å². The smallest absolute Gasteiger partial charge is 0.0656 e. The monoisotopic (exact) mass is 476 g/mol. The van der Waals surface area contributed by atoms with E-state index in [4.69, 9.17) is 11.6 Å². The molecule has 0 aliphatic rings. The largest absolute Gasteiger partial charge is 0.299 e. The summed E-state index contributed by atoms with van der Waals surface area (Å²) in [5, 5.41) is 0.745. The Morgan fingerprint density at radius 2 is 1.53 bits per heavy atom. The number of halogens is 1. The van der Waals surface area contributed by atoms with Gasteiger partial charge in [0.05, 0.1) is 5.69 Å². The second-order valence-electron chi connectivity index (χ2n) is 7.67. The SMILES string of the molecule is C/C=C\C.C=C(CCCN(CC)Cc1ccccc1)c1ccc(-c2ccc(Cl)cc2)cn1.CC. The first-order chi connectivity index (χ1) is 16.6. The van der Waals surface area contributed by atoms with Crippen LogP contribution in [0, 0.1) is 0 Å². The van der Waals surface area contributed by atoms with Gasteiger partial charge >= 0.3 is 0 Å². The van der Waals surface area contributed by atoms with Crippen molar-refractivity contribution in [2.75, 3.05) is 13.1 Å². The van der Waals surface area contributed by atoms with Crippen LogP contribution in [-0.4, -0.2) is 23.0 Å². The van der Waals surface area contributed by atoms with Gasteiger partial charge in [-0.3, -0.25) is 9.88 Å². The van der Waals surface area contributed by atoms with Gasteiger partial charge in [-0.25, -0.2) is 0 Å². The van der Waals surface area contributed by atoms with Crippen LogP contribution in [0.3, 0.4) is 0 Å². The van der Waals surface area contributed by atoms with Crippen molar-refractivity contribution in [3.8, 4) is 11.1 Å². The fourth-order valence-electron chi connectivity index (χ4n) is 3.25. The van der Waals surface area contributed by atoms with Crippen molar-refractivity contribution in [2.24, 2.45) is 0 Å². The van der Waals surface area contributed by atoms with Crippen LogP contribution in [-0.2, 0) is 6.54 Å². The zero-order valence-electron chi connectivity index (χ0n) is 21.6. The summed E-state index contributed by atoms with van der Waals surface area (Å²) in [5.41, 5.74) is 5.65. The summed E-state index contributed by atoms with van der Waals surface area (Å²) in [6.45, 7) is 17.6. The minimum atomic E-state index is 0.745. The highest BCUT2D eigenvalue weighted by Gasteiger charge is 2.06. The molecule has 3 heteroatoms. The molecule has 0 amide bonds. The molecule has 2 aromatic carbocycles. The van der Waals surface area contributed by atoms with Crippen LogP contribution in [0.15, 0.2) is 91.7 Å². The Morgan fingerprint density at radius 1 is 0.912 bits per heavy atom. The number of aromatic nitrogens is 1. The standard InChI is InChI=1S/C25H27ClN2.C4H8.C2H6/c1-3-28(19-21-9-5-4-6-10-21)17-7-8-20(2)25-16-13-23(18-27-25)22-11-14-24(26)15-12-22;1-3-4-2;1-2/h4-6,9-16,18H,2-3,7-8,17,19H2,1H3;3-4H,1-2H3;1-2H3/b;4-3-;. The topological polar surface area (TPSA) is 16.1 Å². The third-order valence-corrected chi connectivity index (χ3v) is 5.54. The Kier molecular flexibility index (Phi) is 15.3. The van der Waals surface area contributed by atoms with Crippen LogP contribution < -0.4 is 0 Å². The summed E-state index contributed by atoms with van der Waals surface area (Å²) >= 11 is 5.96. The number of rotatable bonds is 9. The van der Waals surface area contributed by atoms with Crippen molar-refractivity contribution in [1.82, 2.24) is 9.88 Å². The van der Waals surface area contributed by atoms with E-state index in [1.165, 1.54) is 5.56 Å². The van der Waals surface area contributed by atoms with Crippen molar-refractivity contribution < 1.29 is 0 Å². The van der Waals surface area contributed by atoms with E-state index < -0.39 is 0 Å². The Balaban J connectivity index is 0.000000872. The lowest BCUT2D eigenvalue weighted by atomic mass is 10.0. The molecular weight excluding hydrogens is 436 g/mol. The molecule has 182 valence electrons. The average Bonchev–Trinajstić information content (AvgIpc) is 2.90. The van der Waals surface area contributed by atoms with Gasteiger partial charge in [-0.2, -0.15) is 0 Å².